The van der Waals surface area contributed by atoms with Crippen LogP contribution in [0.15, 0.2) is 146 Å². The number of fused-ring (bicyclic) bond motifs is 11. The van der Waals surface area contributed by atoms with E-state index in [-0.39, 0.29) is 0 Å². The fraction of sp³-hybridized carbons (Fsp3) is 0. The Morgan fingerprint density at radius 2 is 0.884 bits per heavy atom. The summed E-state index contributed by atoms with van der Waals surface area (Å²) in [5.74, 6) is 0. The van der Waals surface area contributed by atoms with Crippen molar-refractivity contribution in [3.05, 3.63) is 146 Å². The SMILES string of the molecule is c1ccc2cc(-n3c4ccccc4c4ccc5c6ccccc6n(-c6ccc7sc8ccccc8c7c6)c5c43)ccc2c1. The molecule has 2 nitrogen and oxygen atoms in total. The molecule has 7 aromatic carbocycles. The van der Waals surface area contributed by atoms with E-state index in [2.05, 4.69) is 155 Å². The van der Waals surface area contributed by atoms with Gasteiger partial charge in [0.15, 0.2) is 0 Å². The zero-order valence-electron chi connectivity index (χ0n) is 23.2. The van der Waals surface area contributed by atoms with Crippen LogP contribution in [0.2, 0.25) is 0 Å². The first-order valence-electron chi connectivity index (χ1n) is 14.7. The van der Waals surface area contributed by atoms with Crippen LogP contribution < -0.4 is 0 Å². The van der Waals surface area contributed by atoms with Crippen LogP contribution in [-0.4, -0.2) is 9.13 Å². The Kier molecular flexibility index (Phi) is 4.63. The van der Waals surface area contributed by atoms with Gasteiger partial charge < -0.3 is 9.13 Å². The van der Waals surface area contributed by atoms with Crippen molar-refractivity contribution >= 4 is 85.9 Å². The lowest BCUT2D eigenvalue weighted by Gasteiger charge is -2.13. The van der Waals surface area contributed by atoms with Gasteiger partial charge in [-0.05, 0) is 59.3 Å². The third-order valence-electron chi connectivity index (χ3n) is 9.08. The summed E-state index contributed by atoms with van der Waals surface area (Å²) in [5, 5.41) is 10.2. The smallest absolute Gasteiger partial charge is 0.0788 e. The molecule has 10 aromatic rings. The summed E-state index contributed by atoms with van der Waals surface area (Å²) in [5.41, 5.74) is 7.27. The van der Waals surface area contributed by atoms with Crippen molar-refractivity contribution in [1.82, 2.24) is 9.13 Å². The third kappa shape index (κ3) is 3.17. The van der Waals surface area contributed by atoms with E-state index in [0.717, 1.165) is 0 Å². The summed E-state index contributed by atoms with van der Waals surface area (Å²) in [6, 6.07) is 53.5. The highest BCUT2D eigenvalue weighted by atomic mass is 32.1. The number of thiophene rings is 1. The molecule has 3 heteroatoms. The molecule has 3 heterocycles. The van der Waals surface area contributed by atoms with E-state index in [1.54, 1.807) is 0 Å². The topological polar surface area (TPSA) is 9.86 Å². The van der Waals surface area contributed by atoms with Gasteiger partial charge >= 0.3 is 0 Å². The average molecular weight is 565 g/mol. The predicted octanol–water partition coefficient (Wildman–Crippen LogP) is 11.4. The lowest BCUT2D eigenvalue weighted by atomic mass is 10.1. The minimum atomic E-state index is 1.17. The normalized spacial score (nSPS) is 12.2. The third-order valence-corrected chi connectivity index (χ3v) is 10.2. The molecule has 0 unspecified atom stereocenters. The number of para-hydroxylation sites is 2. The van der Waals surface area contributed by atoms with Crippen molar-refractivity contribution in [2.75, 3.05) is 0 Å². The fourth-order valence-corrected chi connectivity index (χ4v) is 8.29. The van der Waals surface area contributed by atoms with Gasteiger partial charge in [0.1, 0.15) is 0 Å². The number of hydrogen-bond donors (Lipinski definition) is 0. The van der Waals surface area contributed by atoms with Gasteiger partial charge in [-0.25, -0.2) is 0 Å². The minimum Gasteiger partial charge on any atom is -0.307 e. The molecule has 0 saturated carbocycles. The molecule has 0 aliphatic carbocycles. The first kappa shape index (κ1) is 23.2. The molecule has 0 bridgehead atoms. The van der Waals surface area contributed by atoms with E-state index in [9.17, 15) is 0 Å². The maximum absolute atomic E-state index is 2.50. The van der Waals surface area contributed by atoms with Gasteiger partial charge in [-0.3, -0.25) is 0 Å². The first-order chi connectivity index (χ1) is 21.3. The molecule has 43 heavy (non-hydrogen) atoms. The number of aromatic nitrogens is 2. The summed E-state index contributed by atoms with van der Waals surface area (Å²) < 4.78 is 7.62. The molecule has 200 valence electrons. The second-order valence-electron chi connectivity index (χ2n) is 11.4. The molecular weight excluding hydrogens is 541 g/mol. The second kappa shape index (κ2) is 8.57. The van der Waals surface area contributed by atoms with Crippen LogP contribution in [0, 0.1) is 0 Å². The summed E-state index contributed by atoms with van der Waals surface area (Å²) >= 11 is 1.87. The summed E-state index contributed by atoms with van der Waals surface area (Å²) in [6.45, 7) is 0. The first-order valence-corrected chi connectivity index (χ1v) is 15.5. The van der Waals surface area contributed by atoms with E-state index >= 15 is 0 Å². The Hall–Kier alpha value is -5.38. The van der Waals surface area contributed by atoms with E-state index in [4.69, 9.17) is 0 Å². The van der Waals surface area contributed by atoms with Gasteiger partial charge in [-0.2, -0.15) is 0 Å². The van der Waals surface area contributed by atoms with Gasteiger partial charge in [0, 0.05) is 53.1 Å². The quantitative estimate of drug-likeness (QED) is 0.198. The van der Waals surface area contributed by atoms with Crippen LogP contribution in [0.1, 0.15) is 0 Å². The maximum Gasteiger partial charge on any atom is 0.0788 e. The molecule has 0 N–H and O–H groups in total. The molecule has 0 atom stereocenters. The molecular formula is C40H24N2S. The van der Waals surface area contributed by atoms with E-state index in [1.165, 1.54) is 85.9 Å². The van der Waals surface area contributed by atoms with Gasteiger partial charge in [0.05, 0.1) is 22.1 Å². The Labute approximate surface area is 251 Å². The van der Waals surface area contributed by atoms with Crippen LogP contribution >= 0.6 is 11.3 Å². The molecule has 0 saturated heterocycles. The highest BCUT2D eigenvalue weighted by Crippen LogP contribution is 2.43. The molecule has 0 spiro atoms. The van der Waals surface area contributed by atoms with Gasteiger partial charge in [-0.15, -0.1) is 11.3 Å². The zero-order valence-corrected chi connectivity index (χ0v) is 24.0. The Balaban J connectivity index is 1.41. The Morgan fingerprint density at radius 1 is 0.349 bits per heavy atom. The zero-order chi connectivity index (χ0) is 28.1. The average Bonchev–Trinajstić information content (AvgIpc) is 3.72. The standard InChI is InChI=1S/C40H24N2S/c1-2-10-26-23-27(18-17-25(26)9-1)41-35-14-6-3-11-29(35)32-20-21-33-30-12-4-7-15-36(30)42(40(33)39(32)41)28-19-22-38-34(24-28)31-13-5-8-16-37(31)43-38/h1-24H. The maximum atomic E-state index is 2.50. The molecule has 10 rings (SSSR count). The van der Waals surface area contributed by atoms with Crippen LogP contribution in [-0.2, 0) is 0 Å². The molecule has 0 amide bonds. The van der Waals surface area contributed by atoms with Crippen molar-refractivity contribution in [1.29, 1.82) is 0 Å². The van der Waals surface area contributed by atoms with Crippen LogP contribution in [0.5, 0.6) is 0 Å². The Bertz CT molecular complexity index is 2740. The van der Waals surface area contributed by atoms with Crippen molar-refractivity contribution in [3.8, 4) is 11.4 Å². The van der Waals surface area contributed by atoms with Crippen molar-refractivity contribution in [2.24, 2.45) is 0 Å². The number of rotatable bonds is 2. The van der Waals surface area contributed by atoms with E-state index in [0.29, 0.717) is 0 Å². The van der Waals surface area contributed by atoms with Crippen LogP contribution in [0.3, 0.4) is 0 Å². The minimum absolute atomic E-state index is 1.17. The molecule has 0 fully saturated rings. The molecule has 0 aliphatic heterocycles. The lowest BCUT2D eigenvalue weighted by Crippen LogP contribution is -1.98. The number of nitrogens with zero attached hydrogens (tertiary/aromatic N) is 2. The monoisotopic (exact) mass is 564 g/mol. The summed E-state index contributed by atoms with van der Waals surface area (Å²) in [6.07, 6.45) is 0. The van der Waals surface area contributed by atoms with Gasteiger partial charge in [0.25, 0.3) is 0 Å². The highest BCUT2D eigenvalue weighted by molar-refractivity contribution is 7.25. The largest absolute Gasteiger partial charge is 0.307 e. The number of hydrogen-bond acceptors (Lipinski definition) is 1. The predicted molar refractivity (Wildman–Crippen MR) is 186 cm³/mol. The Morgan fingerprint density at radius 3 is 1.60 bits per heavy atom. The van der Waals surface area contributed by atoms with Crippen LogP contribution in [0.25, 0.3) is 85.9 Å². The second-order valence-corrected chi connectivity index (χ2v) is 12.5. The lowest BCUT2D eigenvalue weighted by molar-refractivity contribution is 1.15. The van der Waals surface area contributed by atoms with Crippen molar-refractivity contribution < 1.29 is 0 Å². The molecule has 0 radical (unpaired) electrons. The van der Waals surface area contributed by atoms with Crippen LogP contribution in [0.4, 0.5) is 0 Å². The molecule has 3 aromatic heterocycles. The molecule has 0 aliphatic rings. The van der Waals surface area contributed by atoms with Gasteiger partial charge in [-0.1, -0.05) is 97.1 Å². The van der Waals surface area contributed by atoms with Crippen molar-refractivity contribution in [3.63, 3.8) is 0 Å². The fourth-order valence-electron chi connectivity index (χ4n) is 7.21. The highest BCUT2D eigenvalue weighted by Gasteiger charge is 2.21. The van der Waals surface area contributed by atoms with Gasteiger partial charge in [0.2, 0.25) is 0 Å². The van der Waals surface area contributed by atoms with E-state index < -0.39 is 0 Å². The summed E-state index contributed by atoms with van der Waals surface area (Å²) in [4.78, 5) is 0. The number of benzene rings is 7. The van der Waals surface area contributed by atoms with E-state index in [1.807, 2.05) is 11.3 Å². The van der Waals surface area contributed by atoms with Crippen molar-refractivity contribution in [2.45, 2.75) is 0 Å². The summed E-state index contributed by atoms with van der Waals surface area (Å²) in [7, 11) is 0.